The molecule has 2 aromatic carbocycles. The van der Waals surface area contributed by atoms with Gasteiger partial charge in [0, 0.05) is 17.9 Å². The van der Waals surface area contributed by atoms with Gasteiger partial charge in [0.05, 0.1) is 16.9 Å². The van der Waals surface area contributed by atoms with Gasteiger partial charge in [-0.15, -0.1) is 11.8 Å². The van der Waals surface area contributed by atoms with E-state index in [-0.39, 0.29) is 23.2 Å². The molecule has 24 heavy (non-hydrogen) atoms. The van der Waals surface area contributed by atoms with Crippen LogP contribution in [0.2, 0.25) is 0 Å². The van der Waals surface area contributed by atoms with E-state index < -0.39 is 4.92 Å². The Morgan fingerprint density at radius 3 is 2.71 bits per heavy atom. The molecule has 0 fully saturated rings. The van der Waals surface area contributed by atoms with Crippen LogP contribution < -0.4 is 5.43 Å². The maximum Gasteiger partial charge on any atom is 0.269 e. The molecule has 6 nitrogen and oxygen atoms in total. The van der Waals surface area contributed by atoms with Crippen LogP contribution in [0.25, 0.3) is 0 Å². The highest BCUT2D eigenvalue weighted by Gasteiger charge is 2.05. The van der Waals surface area contributed by atoms with Crippen LogP contribution in [-0.4, -0.2) is 22.8 Å². The van der Waals surface area contributed by atoms with Crippen molar-refractivity contribution < 1.29 is 14.1 Å². The Morgan fingerprint density at radius 1 is 1.29 bits per heavy atom. The van der Waals surface area contributed by atoms with E-state index in [0.717, 1.165) is 5.56 Å². The number of carbonyl (C=O) groups excluding carboxylic acids is 1. The zero-order chi connectivity index (χ0) is 17.4. The summed E-state index contributed by atoms with van der Waals surface area (Å²) in [5, 5.41) is 14.3. The van der Waals surface area contributed by atoms with Crippen molar-refractivity contribution >= 4 is 29.6 Å². The molecule has 0 aliphatic carbocycles. The zero-order valence-corrected chi connectivity index (χ0v) is 13.3. The van der Waals surface area contributed by atoms with E-state index in [0.29, 0.717) is 11.3 Å². The highest BCUT2D eigenvalue weighted by Crippen LogP contribution is 2.16. The highest BCUT2D eigenvalue weighted by atomic mass is 32.2. The minimum atomic E-state index is -0.457. The Balaban J connectivity index is 1.72. The number of thioether (sulfide) groups is 1. The number of hydrogen-bond donors (Lipinski definition) is 1. The Kier molecular flexibility index (Phi) is 6.44. The molecule has 0 radical (unpaired) electrons. The van der Waals surface area contributed by atoms with E-state index in [1.807, 2.05) is 0 Å². The summed E-state index contributed by atoms with van der Waals surface area (Å²) in [7, 11) is 0. The molecular weight excluding hydrogens is 333 g/mol. The molecule has 1 N–H and O–H groups in total. The molecule has 1 amide bonds. The maximum absolute atomic E-state index is 13.0. The van der Waals surface area contributed by atoms with Crippen molar-refractivity contribution in [2.75, 3.05) is 5.75 Å². The van der Waals surface area contributed by atoms with Gasteiger partial charge in [0.2, 0.25) is 5.91 Å². The van der Waals surface area contributed by atoms with Crippen LogP contribution in [-0.2, 0) is 10.5 Å². The Hall–Kier alpha value is -2.74. The number of rotatable bonds is 7. The predicted octanol–water partition coefficient (Wildman–Crippen LogP) is 3.12. The number of nitro groups is 1. The molecule has 124 valence electrons. The molecule has 0 aliphatic heterocycles. The van der Waals surface area contributed by atoms with Gasteiger partial charge in [-0.05, 0) is 23.3 Å². The van der Waals surface area contributed by atoms with Crippen molar-refractivity contribution in [2.24, 2.45) is 5.10 Å². The fourth-order valence-corrected chi connectivity index (χ4v) is 2.55. The standard InChI is InChI=1S/C16H14FN3O3S/c17-14-3-1-2-13(8-14)9-18-19-16(21)11-24-10-12-4-6-15(7-5-12)20(22)23/h1-9H,10-11H2,(H,19,21)/b18-9-. The molecule has 0 saturated heterocycles. The second kappa shape index (κ2) is 8.78. The third-order valence-electron chi connectivity index (χ3n) is 2.90. The van der Waals surface area contributed by atoms with Crippen molar-refractivity contribution in [3.8, 4) is 0 Å². The average Bonchev–Trinajstić information content (AvgIpc) is 2.55. The molecule has 0 saturated carbocycles. The minimum Gasteiger partial charge on any atom is -0.272 e. The van der Waals surface area contributed by atoms with E-state index in [2.05, 4.69) is 10.5 Å². The monoisotopic (exact) mass is 347 g/mol. The number of nitro benzene ring substituents is 1. The van der Waals surface area contributed by atoms with Gasteiger partial charge >= 0.3 is 0 Å². The van der Waals surface area contributed by atoms with Crippen LogP contribution in [0.5, 0.6) is 0 Å². The third-order valence-corrected chi connectivity index (χ3v) is 3.90. The van der Waals surface area contributed by atoms with Gasteiger partial charge in [0.15, 0.2) is 0 Å². The fraction of sp³-hybridized carbons (Fsp3) is 0.125. The molecule has 0 atom stereocenters. The second-order valence-corrected chi connectivity index (χ2v) is 5.75. The Labute approximate surface area is 141 Å². The maximum atomic E-state index is 13.0. The quantitative estimate of drug-likeness (QED) is 0.474. The number of halogens is 1. The number of benzene rings is 2. The third kappa shape index (κ3) is 5.81. The largest absolute Gasteiger partial charge is 0.272 e. The first-order chi connectivity index (χ1) is 11.5. The van der Waals surface area contributed by atoms with Crippen molar-refractivity contribution in [1.82, 2.24) is 5.43 Å². The van der Waals surface area contributed by atoms with Crippen molar-refractivity contribution in [3.05, 3.63) is 75.6 Å². The van der Waals surface area contributed by atoms with Gasteiger partial charge in [-0.1, -0.05) is 24.3 Å². The Bertz CT molecular complexity index is 750. The van der Waals surface area contributed by atoms with Crippen molar-refractivity contribution in [2.45, 2.75) is 5.75 Å². The molecule has 0 aliphatic rings. The first kappa shape index (κ1) is 17.6. The fourth-order valence-electron chi connectivity index (χ4n) is 1.77. The van der Waals surface area contributed by atoms with Gasteiger partial charge < -0.3 is 0 Å². The molecule has 0 heterocycles. The highest BCUT2D eigenvalue weighted by molar-refractivity contribution is 7.99. The molecule has 0 bridgehead atoms. The molecule has 0 unspecified atom stereocenters. The lowest BCUT2D eigenvalue weighted by atomic mass is 10.2. The van der Waals surface area contributed by atoms with Crippen LogP contribution in [0.4, 0.5) is 10.1 Å². The Morgan fingerprint density at radius 2 is 2.04 bits per heavy atom. The van der Waals surface area contributed by atoms with Crippen LogP contribution in [0.1, 0.15) is 11.1 Å². The number of hydrogen-bond acceptors (Lipinski definition) is 5. The summed E-state index contributed by atoms with van der Waals surface area (Å²) in [4.78, 5) is 21.7. The number of carbonyl (C=O) groups is 1. The SMILES string of the molecule is O=C(CSCc1ccc([N+](=O)[O-])cc1)N/N=C\c1cccc(F)c1. The molecule has 2 rings (SSSR count). The predicted molar refractivity (Wildman–Crippen MR) is 91.4 cm³/mol. The molecular formula is C16H14FN3O3S. The van der Waals surface area contributed by atoms with Gasteiger partial charge in [-0.25, -0.2) is 9.82 Å². The van der Waals surface area contributed by atoms with Crippen LogP contribution >= 0.6 is 11.8 Å². The summed E-state index contributed by atoms with van der Waals surface area (Å²) in [6.45, 7) is 0. The summed E-state index contributed by atoms with van der Waals surface area (Å²) < 4.78 is 13.0. The summed E-state index contributed by atoms with van der Waals surface area (Å²) in [5.41, 5.74) is 3.83. The second-order valence-electron chi connectivity index (χ2n) is 4.76. The number of nitrogens with one attached hydrogen (secondary N) is 1. The van der Waals surface area contributed by atoms with E-state index >= 15 is 0 Å². The average molecular weight is 347 g/mol. The first-order valence-corrected chi connectivity index (χ1v) is 8.08. The normalized spacial score (nSPS) is 10.7. The van der Waals surface area contributed by atoms with Crippen LogP contribution in [0.15, 0.2) is 53.6 Å². The lowest BCUT2D eigenvalue weighted by molar-refractivity contribution is -0.384. The number of non-ortho nitro benzene ring substituents is 1. The molecule has 0 spiro atoms. The summed E-state index contributed by atoms with van der Waals surface area (Å²) in [5.74, 6) is 0.0924. The summed E-state index contributed by atoms with van der Waals surface area (Å²) in [6, 6.07) is 12.0. The van der Waals surface area contributed by atoms with E-state index in [9.17, 15) is 19.3 Å². The zero-order valence-electron chi connectivity index (χ0n) is 12.5. The van der Waals surface area contributed by atoms with Gasteiger partial charge in [0.1, 0.15) is 5.82 Å². The number of amides is 1. The first-order valence-electron chi connectivity index (χ1n) is 6.93. The van der Waals surface area contributed by atoms with Gasteiger partial charge in [0.25, 0.3) is 5.69 Å². The number of hydrazone groups is 1. The van der Waals surface area contributed by atoms with Crippen molar-refractivity contribution in [1.29, 1.82) is 0 Å². The van der Waals surface area contributed by atoms with Crippen molar-refractivity contribution in [3.63, 3.8) is 0 Å². The summed E-state index contributed by atoms with van der Waals surface area (Å²) in [6.07, 6.45) is 1.36. The molecule has 8 heteroatoms. The summed E-state index contributed by atoms with van der Waals surface area (Å²) >= 11 is 1.36. The van der Waals surface area contributed by atoms with E-state index in [1.54, 1.807) is 24.3 Å². The lowest BCUT2D eigenvalue weighted by Gasteiger charge is -2.01. The molecule has 2 aromatic rings. The molecule has 0 aromatic heterocycles. The van der Waals surface area contributed by atoms with Crippen LogP contribution in [0, 0.1) is 15.9 Å². The van der Waals surface area contributed by atoms with E-state index in [1.165, 1.54) is 42.2 Å². The van der Waals surface area contributed by atoms with E-state index in [4.69, 9.17) is 0 Å². The van der Waals surface area contributed by atoms with Crippen LogP contribution in [0.3, 0.4) is 0 Å². The van der Waals surface area contributed by atoms with Gasteiger partial charge in [-0.3, -0.25) is 14.9 Å². The lowest BCUT2D eigenvalue weighted by Crippen LogP contribution is -2.19. The minimum absolute atomic E-state index is 0.0354. The van der Waals surface area contributed by atoms with Gasteiger partial charge in [-0.2, -0.15) is 5.10 Å². The topological polar surface area (TPSA) is 84.6 Å². The number of nitrogens with zero attached hydrogens (tertiary/aromatic N) is 2. The smallest absolute Gasteiger partial charge is 0.269 e.